The molecule has 9 heteroatoms. The summed E-state index contributed by atoms with van der Waals surface area (Å²) in [6, 6.07) is 7.52. The molecule has 0 atom stereocenters. The molecule has 4 rings (SSSR count). The van der Waals surface area contributed by atoms with Crippen molar-refractivity contribution in [2.24, 2.45) is 0 Å². The van der Waals surface area contributed by atoms with E-state index in [1.165, 1.54) is 0 Å². The minimum Gasteiger partial charge on any atom is -0.339 e. The van der Waals surface area contributed by atoms with Gasteiger partial charge in [-0.3, -0.25) is 9.36 Å². The van der Waals surface area contributed by atoms with Gasteiger partial charge in [0.05, 0.1) is 16.8 Å². The second-order valence-corrected chi connectivity index (χ2v) is 6.71. The molecule has 0 aliphatic carbocycles. The van der Waals surface area contributed by atoms with Crippen molar-refractivity contribution in [3.63, 3.8) is 0 Å². The highest BCUT2D eigenvalue weighted by Crippen LogP contribution is 2.21. The maximum Gasteiger partial charge on any atom is 0.226 e. The van der Waals surface area contributed by atoms with E-state index in [0.717, 1.165) is 10.7 Å². The molecule has 4 heterocycles. The molecule has 0 fully saturated rings. The second kappa shape index (κ2) is 7.92. The minimum absolute atomic E-state index is 0.0785. The van der Waals surface area contributed by atoms with Crippen LogP contribution in [0.3, 0.4) is 0 Å². The molecule has 0 bridgehead atoms. The van der Waals surface area contributed by atoms with Gasteiger partial charge in [-0.15, -0.1) is 11.3 Å². The SMILES string of the molecule is O=C(CCCc1nc(-c2cccs2)no1)Nc1ccc(-n2ccnc2)nc1. The molecule has 1 N–H and O–H groups in total. The molecule has 0 saturated carbocycles. The van der Waals surface area contributed by atoms with Crippen LogP contribution in [0.4, 0.5) is 5.69 Å². The van der Waals surface area contributed by atoms with E-state index in [1.807, 2.05) is 35.8 Å². The summed E-state index contributed by atoms with van der Waals surface area (Å²) in [4.78, 5) is 25.7. The number of rotatable bonds is 7. The van der Waals surface area contributed by atoms with Crippen LogP contribution in [0, 0.1) is 0 Å². The molecule has 0 spiro atoms. The normalized spacial score (nSPS) is 10.8. The summed E-state index contributed by atoms with van der Waals surface area (Å²) >= 11 is 1.56. The molecule has 0 unspecified atom stereocenters. The number of carbonyl (C=O) groups excluding carboxylic acids is 1. The third-order valence-corrected chi connectivity index (χ3v) is 4.67. The first-order chi connectivity index (χ1) is 13.3. The average molecular weight is 380 g/mol. The van der Waals surface area contributed by atoms with Crippen LogP contribution in [0.15, 0.2) is 59.1 Å². The highest BCUT2D eigenvalue weighted by Gasteiger charge is 2.10. The number of amides is 1. The quantitative estimate of drug-likeness (QED) is 0.528. The molecule has 0 saturated heterocycles. The first-order valence-corrected chi connectivity index (χ1v) is 9.26. The van der Waals surface area contributed by atoms with E-state index in [9.17, 15) is 4.79 Å². The van der Waals surface area contributed by atoms with Gasteiger partial charge in [-0.05, 0) is 30.0 Å². The Morgan fingerprint density at radius 3 is 3.00 bits per heavy atom. The summed E-state index contributed by atoms with van der Waals surface area (Å²) in [5, 5.41) is 8.76. The lowest BCUT2D eigenvalue weighted by atomic mass is 10.2. The van der Waals surface area contributed by atoms with Crippen molar-refractivity contribution in [3.05, 3.63) is 60.5 Å². The van der Waals surface area contributed by atoms with Gasteiger partial charge in [0.25, 0.3) is 0 Å². The molecule has 0 aliphatic heterocycles. The fraction of sp³-hybridized carbons (Fsp3) is 0.167. The Balaban J connectivity index is 1.25. The number of anilines is 1. The van der Waals surface area contributed by atoms with Gasteiger partial charge in [0.1, 0.15) is 12.1 Å². The van der Waals surface area contributed by atoms with Crippen LogP contribution in [0.2, 0.25) is 0 Å². The Morgan fingerprint density at radius 1 is 1.30 bits per heavy atom. The fourth-order valence-electron chi connectivity index (χ4n) is 2.49. The lowest BCUT2D eigenvalue weighted by Gasteiger charge is -2.06. The number of carbonyl (C=O) groups is 1. The second-order valence-electron chi connectivity index (χ2n) is 5.77. The number of aryl methyl sites for hydroxylation is 1. The Morgan fingerprint density at radius 2 is 2.26 bits per heavy atom. The van der Waals surface area contributed by atoms with Crippen molar-refractivity contribution in [2.45, 2.75) is 19.3 Å². The average Bonchev–Trinajstić information content (AvgIpc) is 3.44. The van der Waals surface area contributed by atoms with E-state index in [0.29, 0.717) is 36.7 Å². The van der Waals surface area contributed by atoms with E-state index in [4.69, 9.17) is 4.52 Å². The molecular formula is C18H16N6O2S. The topological polar surface area (TPSA) is 98.7 Å². The molecule has 27 heavy (non-hydrogen) atoms. The number of hydrogen-bond donors (Lipinski definition) is 1. The number of thiophene rings is 1. The lowest BCUT2D eigenvalue weighted by Crippen LogP contribution is -2.12. The Kier molecular flexibility index (Phi) is 5.01. The van der Waals surface area contributed by atoms with E-state index < -0.39 is 0 Å². The van der Waals surface area contributed by atoms with Crippen LogP contribution < -0.4 is 5.32 Å². The van der Waals surface area contributed by atoms with Gasteiger partial charge >= 0.3 is 0 Å². The van der Waals surface area contributed by atoms with Gasteiger partial charge < -0.3 is 9.84 Å². The van der Waals surface area contributed by atoms with Gasteiger partial charge in [0.15, 0.2) is 0 Å². The molecule has 0 aliphatic rings. The van der Waals surface area contributed by atoms with E-state index >= 15 is 0 Å². The highest BCUT2D eigenvalue weighted by atomic mass is 32.1. The Bertz CT molecular complexity index is 993. The van der Waals surface area contributed by atoms with Crippen LogP contribution >= 0.6 is 11.3 Å². The number of imidazole rings is 1. The van der Waals surface area contributed by atoms with Crippen LogP contribution in [0.5, 0.6) is 0 Å². The van der Waals surface area contributed by atoms with Crippen LogP contribution in [0.1, 0.15) is 18.7 Å². The van der Waals surface area contributed by atoms with E-state index in [1.54, 1.807) is 34.6 Å². The van der Waals surface area contributed by atoms with Gasteiger partial charge in [-0.25, -0.2) is 9.97 Å². The van der Waals surface area contributed by atoms with Crippen molar-refractivity contribution in [1.82, 2.24) is 24.7 Å². The number of pyridine rings is 1. The standard InChI is InChI=1S/C18H16N6O2S/c25-16(21-13-6-7-15(20-11-13)24-9-8-19-12-24)4-1-5-17-22-18(23-26-17)14-3-2-10-27-14/h2-3,6-12H,1,4-5H2,(H,21,25). The summed E-state index contributed by atoms with van der Waals surface area (Å²) < 4.78 is 7.03. The van der Waals surface area contributed by atoms with Gasteiger partial charge in [0.2, 0.25) is 17.6 Å². The Hall–Kier alpha value is -3.33. The van der Waals surface area contributed by atoms with Crippen LogP contribution in [-0.2, 0) is 11.2 Å². The van der Waals surface area contributed by atoms with Crippen molar-refractivity contribution in [3.8, 4) is 16.5 Å². The van der Waals surface area contributed by atoms with Gasteiger partial charge in [-0.2, -0.15) is 4.98 Å². The zero-order chi connectivity index (χ0) is 18.5. The van der Waals surface area contributed by atoms with Gasteiger partial charge in [-0.1, -0.05) is 11.2 Å². The number of nitrogens with zero attached hydrogens (tertiary/aromatic N) is 5. The molecule has 1 amide bonds. The van der Waals surface area contributed by atoms with Crippen molar-refractivity contribution >= 4 is 22.9 Å². The molecule has 0 radical (unpaired) electrons. The number of nitrogens with one attached hydrogen (secondary N) is 1. The van der Waals surface area contributed by atoms with Crippen molar-refractivity contribution in [1.29, 1.82) is 0 Å². The van der Waals surface area contributed by atoms with Crippen LogP contribution in [0.25, 0.3) is 16.5 Å². The zero-order valence-electron chi connectivity index (χ0n) is 14.3. The predicted molar refractivity (Wildman–Crippen MR) is 101 cm³/mol. The van der Waals surface area contributed by atoms with Crippen molar-refractivity contribution < 1.29 is 9.32 Å². The van der Waals surface area contributed by atoms with Crippen molar-refractivity contribution in [2.75, 3.05) is 5.32 Å². The first kappa shape index (κ1) is 17.1. The molecule has 0 aromatic carbocycles. The summed E-state index contributed by atoms with van der Waals surface area (Å²) in [6.45, 7) is 0. The summed E-state index contributed by atoms with van der Waals surface area (Å²) in [5.41, 5.74) is 0.654. The smallest absolute Gasteiger partial charge is 0.226 e. The zero-order valence-corrected chi connectivity index (χ0v) is 15.1. The monoisotopic (exact) mass is 380 g/mol. The summed E-state index contributed by atoms with van der Waals surface area (Å²) in [7, 11) is 0. The van der Waals surface area contributed by atoms with E-state index in [2.05, 4.69) is 25.4 Å². The van der Waals surface area contributed by atoms with Gasteiger partial charge in [0, 0.05) is 25.2 Å². The number of aromatic nitrogens is 5. The third-order valence-electron chi connectivity index (χ3n) is 3.80. The molecule has 4 aromatic rings. The first-order valence-electron chi connectivity index (χ1n) is 8.38. The maximum atomic E-state index is 12.1. The minimum atomic E-state index is -0.0785. The molecule has 8 nitrogen and oxygen atoms in total. The largest absolute Gasteiger partial charge is 0.339 e. The summed E-state index contributed by atoms with van der Waals surface area (Å²) in [6.07, 6.45) is 8.33. The maximum absolute atomic E-state index is 12.1. The van der Waals surface area contributed by atoms with Crippen LogP contribution in [-0.4, -0.2) is 30.6 Å². The molecule has 136 valence electrons. The predicted octanol–water partition coefficient (Wildman–Crippen LogP) is 3.34. The Labute approximate surface area is 158 Å². The molecule has 4 aromatic heterocycles. The fourth-order valence-corrected chi connectivity index (χ4v) is 3.14. The molecular weight excluding hydrogens is 364 g/mol. The van der Waals surface area contributed by atoms with E-state index in [-0.39, 0.29) is 5.91 Å². The lowest BCUT2D eigenvalue weighted by molar-refractivity contribution is -0.116. The highest BCUT2D eigenvalue weighted by molar-refractivity contribution is 7.13. The number of hydrogen-bond acceptors (Lipinski definition) is 7. The summed E-state index contributed by atoms with van der Waals surface area (Å²) in [5.74, 6) is 1.79. The third kappa shape index (κ3) is 4.26.